The van der Waals surface area contributed by atoms with Crippen LogP contribution in [-0.2, 0) is 16.0 Å². The minimum absolute atomic E-state index is 0.00862. The summed E-state index contributed by atoms with van der Waals surface area (Å²) < 4.78 is 5.55. The predicted octanol–water partition coefficient (Wildman–Crippen LogP) is 1.54. The summed E-state index contributed by atoms with van der Waals surface area (Å²) in [6.45, 7) is 4.51. The first-order valence-corrected chi connectivity index (χ1v) is 10.2. The fraction of sp³-hybridized carbons (Fsp3) is 0.571. The number of rotatable bonds is 10. The van der Waals surface area contributed by atoms with Gasteiger partial charge < -0.3 is 26.4 Å². The van der Waals surface area contributed by atoms with Crippen LogP contribution in [0.1, 0.15) is 50.2 Å². The summed E-state index contributed by atoms with van der Waals surface area (Å²) >= 11 is 0. The number of aryl methyl sites for hydroxylation is 2. The molecule has 4 amide bonds. The minimum atomic E-state index is -0.725. The fourth-order valence-electron chi connectivity index (χ4n) is 3.63. The van der Waals surface area contributed by atoms with Crippen molar-refractivity contribution >= 4 is 17.8 Å². The molecule has 0 aromatic heterocycles. The molecule has 1 aromatic carbocycles. The molecule has 5 N–H and O–H groups in total. The molecule has 2 atom stereocenters. The van der Waals surface area contributed by atoms with Gasteiger partial charge in [0.15, 0.2) is 0 Å². The lowest BCUT2D eigenvalue weighted by atomic mass is 10.0. The molecule has 2 rings (SSSR count). The van der Waals surface area contributed by atoms with Crippen LogP contribution in [0.15, 0.2) is 18.2 Å². The van der Waals surface area contributed by atoms with E-state index in [1.807, 2.05) is 26.0 Å². The number of ether oxygens (including phenoxy) is 1. The molecule has 1 aliphatic rings. The van der Waals surface area contributed by atoms with Gasteiger partial charge in [0, 0.05) is 18.5 Å². The van der Waals surface area contributed by atoms with Gasteiger partial charge in [-0.05, 0) is 63.1 Å². The largest absolute Gasteiger partial charge is 0.494 e. The monoisotopic (exact) mass is 404 g/mol. The quantitative estimate of drug-likeness (QED) is 0.472. The molecule has 0 heterocycles. The van der Waals surface area contributed by atoms with Crippen molar-refractivity contribution in [3.63, 3.8) is 0 Å². The zero-order valence-corrected chi connectivity index (χ0v) is 17.3. The van der Waals surface area contributed by atoms with Crippen LogP contribution >= 0.6 is 0 Å². The lowest BCUT2D eigenvalue weighted by molar-refractivity contribution is -0.122. The maximum absolute atomic E-state index is 12.2. The molecule has 0 unspecified atom stereocenters. The first kappa shape index (κ1) is 22.5. The smallest absolute Gasteiger partial charge is 0.312 e. The van der Waals surface area contributed by atoms with Crippen LogP contribution in [-0.4, -0.2) is 43.1 Å². The highest BCUT2D eigenvalue weighted by molar-refractivity contribution is 5.83. The molecule has 0 aliphatic heterocycles. The van der Waals surface area contributed by atoms with Crippen molar-refractivity contribution in [2.45, 2.75) is 64.5 Å². The van der Waals surface area contributed by atoms with Gasteiger partial charge in [0.1, 0.15) is 5.75 Å². The molecule has 8 nitrogen and oxygen atoms in total. The van der Waals surface area contributed by atoms with Gasteiger partial charge in [-0.25, -0.2) is 4.79 Å². The summed E-state index contributed by atoms with van der Waals surface area (Å²) in [5.74, 6) is 0.675. The molecule has 1 saturated carbocycles. The Bertz CT molecular complexity index is 723. The third kappa shape index (κ3) is 8.01. The predicted molar refractivity (Wildman–Crippen MR) is 111 cm³/mol. The van der Waals surface area contributed by atoms with Crippen LogP contribution in [0.25, 0.3) is 0 Å². The highest BCUT2D eigenvalue weighted by Gasteiger charge is 2.26. The van der Waals surface area contributed by atoms with E-state index in [0.717, 1.165) is 37.0 Å². The first-order valence-electron chi connectivity index (χ1n) is 10.2. The van der Waals surface area contributed by atoms with Crippen molar-refractivity contribution in [1.82, 2.24) is 16.0 Å². The van der Waals surface area contributed by atoms with Crippen LogP contribution in [0.4, 0.5) is 4.79 Å². The number of nitrogens with two attached hydrogens (primary N) is 1. The molecular weight excluding hydrogens is 372 g/mol. The van der Waals surface area contributed by atoms with E-state index in [4.69, 9.17) is 10.5 Å². The molecule has 29 heavy (non-hydrogen) atoms. The number of carbonyl (C=O) groups excluding carboxylic acids is 3. The Balaban J connectivity index is 1.65. The molecule has 0 bridgehead atoms. The highest BCUT2D eigenvalue weighted by atomic mass is 16.5. The second-order valence-electron chi connectivity index (χ2n) is 7.45. The van der Waals surface area contributed by atoms with Gasteiger partial charge in [-0.1, -0.05) is 12.1 Å². The summed E-state index contributed by atoms with van der Waals surface area (Å²) in [6, 6.07) is 5.50. The number of carbonyl (C=O) groups is 3. The Morgan fingerprint density at radius 2 is 1.83 bits per heavy atom. The van der Waals surface area contributed by atoms with Crippen LogP contribution in [0.3, 0.4) is 0 Å². The second kappa shape index (κ2) is 11.3. The molecule has 1 aromatic rings. The first-order chi connectivity index (χ1) is 13.9. The Morgan fingerprint density at radius 1 is 1.14 bits per heavy atom. The second-order valence-corrected chi connectivity index (χ2v) is 7.45. The molecule has 0 radical (unpaired) electrons. The van der Waals surface area contributed by atoms with Gasteiger partial charge in [0.05, 0.1) is 13.2 Å². The van der Waals surface area contributed by atoms with E-state index >= 15 is 0 Å². The molecule has 8 heteroatoms. The lowest BCUT2D eigenvalue weighted by Gasteiger charge is -2.15. The van der Waals surface area contributed by atoms with Crippen molar-refractivity contribution in [3.8, 4) is 5.75 Å². The zero-order valence-electron chi connectivity index (χ0n) is 17.3. The topological polar surface area (TPSA) is 123 Å². The lowest BCUT2D eigenvalue weighted by Crippen LogP contribution is -2.43. The van der Waals surface area contributed by atoms with Gasteiger partial charge in [-0.15, -0.1) is 0 Å². The van der Waals surface area contributed by atoms with Gasteiger partial charge >= 0.3 is 6.03 Å². The summed E-state index contributed by atoms with van der Waals surface area (Å²) in [5, 5.41) is 8.17. The molecule has 1 aliphatic carbocycles. The number of urea groups is 1. The van der Waals surface area contributed by atoms with Gasteiger partial charge in [-0.3, -0.25) is 9.59 Å². The molecule has 160 valence electrons. The Morgan fingerprint density at radius 3 is 2.45 bits per heavy atom. The van der Waals surface area contributed by atoms with Crippen molar-refractivity contribution in [3.05, 3.63) is 29.3 Å². The van der Waals surface area contributed by atoms with Crippen molar-refractivity contribution < 1.29 is 19.1 Å². The third-order valence-corrected chi connectivity index (χ3v) is 4.99. The normalized spacial score (nSPS) is 18.1. The summed E-state index contributed by atoms with van der Waals surface area (Å²) in [4.78, 5) is 34.6. The summed E-state index contributed by atoms with van der Waals surface area (Å²) in [6.07, 6.45) is 4.44. The number of benzene rings is 1. The molecular formula is C21H32N4O4. The van der Waals surface area contributed by atoms with Gasteiger partial charge in [0.2, 0.25) is 11.8 Å². The van der Waals surface area contributed by atoms with Crippen LogP contribution < -0.4 is 26.4 Å². The Labute approximate surface area is 171 Å². The minimum Gasteiger partial charge on any atom is -0.494 e. The van der Waals surface area contributed by atoms with Crippen LogP contribution in [0, 0.1) is 6.92 Å². The molecule has 0 spiro atoms. The Hall–Kier alpha value is -2.77. The van der Waals surface area contributed by atoms with Crippen molar-refractivity contribution in [2.24, 2.45) is 5.73 Å². The van der Waals surface area contributed by atoms with Gasteiger partial charge in [0.25, 0.3) is 0 Å². The number of hydrogen-bond acceptors (Lipinski definition) is 4. The average Bonchev–Trinajstić information content (AvgIpc) is 3.09. The SMILES string of the molecule is CCOc1ccc(CCCC(=O)N[C@@H]2CC[C@H](NC(=O)CNC(N)=O)C2)cc1C. The van der Waals surface area contributed by atoms with Gasteiger partial charge in [-0.2, -0.15) is 0 Å². The number of primary amides is 1. The van der Waals surface area contributed by atoms with E-state index in [1.165, 1.54) is 5.56 Å². The van der Waals surface area contributed by atoms with E-state index < -0.39 is 6.03 Å². The standard InChI is InChI=1S/C21H32N4O4/c1-3-29-18-10-7-15(11-14(18)2)5-4-6-19(26)24-16-8-9-17(12-16)25-20(27)13-23-21(22)28/h7,10-11,16-17H,3-6,8-9,12-13H2,1-2H3,(H,24,26)(H,25,27)(H3,22,23,28)/t16-,17+/m1/s1. The van der Waals surface area contributed by atoms with E-state index in [-0.39, 0.29) is 30.4 Å². The number of hydrogen-bond donors (Lipinski definition) is 4. The third-order valence-electron chi connectivity index (χ3n) is 4.99. The molecule has 1 fully saturated rings. The van der Waals surface area contributed by atoms with E-state index in [9.17, 15) is 14.4 Å². The molecule has 0 saturated heterocycles. The Kier molecular flexibility index (Phi) is 8.76. The van der Waals surface area contributed by atoms with E-state index in [0.29, 0.717) is 19.4 Å². The number of amides is 4. The van der Waals surface area contributed by atoms with Crippen molar-refractivity contribution in [2.75, 3.05) is 13.2 Å². The maximum Gasteiger partial charge on any atom is 0.312 e. The summed E-state index contributed by atoms with van der Waals surface area (Å²) in [7, 11) is 0. The maximum atomic E-state index is 12.2. The van der Waals surface area contributed by atoms with Crippen LogP contribution in [0.2, 0.25) is 0 Å². The van der Waals surface area contributed by atoms with Crippen molar-refractivity contribution in [1.29, 1.82) is 0 Å². The highest BCUT2D eigenvalue weighted by Crippen LogP contribution is 2.21. The zero-order chi connectivity index (χ0) is 21.2. The van der Waals surface area contributed by atoms with E-state index in [1.54, 1.807) is 0 Å². The van der Waals surface area contributed by atoms with Crippen LogP contribution in [0.5, 0.6) is 5.75 Å². The van der Waals surface area contributed by atoms with E-state index in [2.05, 4.69) is 22.0 Å². The summed E-state index contributed by atoms with van der Waals surface area (Å²) in [5.41, 5.74) is 7.26. The number of nitrogens with one attached hydrogen (secondary N) is 3. The fourth-order valence-corrected chi connectivity index (χ4v) is 3.63. The average molecular weight is 405 g/mol.